The van der Waals surface area contributed by atoms with E-state index in [1.807, 2.05) is 0 Å². The van der Waals surface area contributed by atoms with Gasteiger partial charge in [0.25, 0.3) is 0 Å². The molecule has 0 N–H and O–H groups in total. The lowest BCUT2D eigenvalue weighted by molar-refractivity contribution is 0.125. The van der Waals surface area contributed by atoms with Gasteiger partial charge < -0.3 is 4.74 Å². The summed E-state index contributed by atoms with van der Waals surface area (Å²) in [5.41, 5.74) is 0. The van der Waals surface area contributed by atoms with Crippen molar-refractivity contribution in [3.05, 3.63) is 26.3 Å². The predicted octanol–water partition coefficient (Wildman–Crippen LogP) is 15.1. The Morgan fingerprint density at radius 1 is 0.244 bits per heavy atom. The lowest BCUT2D eigenvalue weighted by Gasteiger charge is -2.06. The average Bonchev–Trinajstić information content (AvgIpc) is 3.01. The van der Waals surface area contributed by atoms with E-state index in [1.54, 1.807) is 0 Å². The lowest BCUT2D eigenvalue weighted by atomic mass is 10.0. The largest absolute Gasteiger partial charge is 0.381 e. The Labute approximate surface area is 263 Å². The molecular weight excluding hydrogens is 496 g/mol. The monoisotopic (exact) mass is 579 g/mol. The van der Waals surface area contributed by atoms with Crippen molar-refractivity contribution in [1.82, 2.24) is 0 Å². The maximum Gasteiger partial charge on any atom is 0.0466 e. The summed E-state index contributed by atoms with van der Waals surface area (Å²) in [6.45, 7) is 18.6. The first-order valence-corrected chi connectivity index (χ1v) is 19.0. The van der Waals surface area contributed by atoms with Gasteiger partial charge >= 0.3 is 0 Å². The van der Waals surface area contributed by atoms with Crippen LogP contribution in [0.5, 0.6) is 0 Å². The number of ether oxygens (including phenoxy) is 1. The highest BCUT2D eigenvalue weighted by Gasteiger charge is 1.97. The van der Waals surface area contributed by atoms with Gasteiger partial charge in [0, 0.05) is 13.2 Å². The van der Waals surface area contributed by atoms with Crippen LogP contribution >= 0.6 is 0 Å². The molecule has 0 unspecified atom stereocenters. The molecule has 0 aliphatic heterocycles. The van der Waals surface area contributed by atoms with E-state index in [2.05, 4.69) is 40.2 Å². The second-order valence-corrected chi connectivity index (χ2v) is 12.2. The van der Waals surface area contributed by atoms with Gasteiger partial charge in [-0.1, -0.05) is 206 Å². The van der Waals surface area contributed by atoms with E-state index in [0.717, 1.165) is 13.2 Å². The van der Waals surface area contributed by atoms with Crippen LogP contribution in [-0.4, -0.2) is 13.2 Å². The second-order valence-electron chi connectivity index (χ2n) is 12.2. The van der Waals surface area contributed by atoms with Gasteiger partial charge in [-0.3, -0.25) is 0 Å². The van der Waals surface area contributed by atoms with Crippen molar-refractivity contribution >= 4 is 0 Å². The summed E-state index contributed by atoms with van der Waals surface area (Å²) in [4.78, 5) is 0. The third kappa shape index (κ3) is 49.4. The number of hydrogen-bond donors (Lipinski definition) is 0. The molecule has 0 aromatic rings. The van der Waals surface area contributed by atoms with Crippen LogP contribution < -0.4 is 0 Å². The number of unbranched alkanes of at least 4 members (excludes halogenated alkanes) is 30. The summed E-state index contributed by atoms with van der Waals surface area (Å²) >= 11 is 0. The molecule has 0 aliphatic carbocycles. The maximum atomic E-state index is 5.87. The molecule has 0 atom stereocenters. The zero-order valence-corrected chi connectivity index (χ0v) is 29.3. The summed E-state index contributed by atoms with van der Waals surface area (Å²) in [7, 11) is 0. The van der Waals surface area contributed by atoms with Crippen molar-refractivity contribution in [2.24, 2.45) is 0 Å². The third-order valence-corrected chi connectivity index (χ3v) is 8.28. The van der Waals surface area contributed by atoms with Crippen LogP contribution in [0.3, 0.4) is 0 Å². The summed E-state index contributed by atoms with van der Waals surface area (Å²) in [6, 6.07) is 0. The van der Waals surface area contributed by atoms with Crippen LogP contribution in [0.1, 0.15) is 219 Å². The highest BCUT2D eigenvalue weighted by molar-refractivity contribution is 4.52. The lowest BCUT2D eigenvalue weighted by Crippen LogP contribution is -1.97. The van der Waals surface area contributed by atoms with E-state index in [-0.39, 0.29) is 0 Å². The smallest absolute Gasteiger partial charge is 0.0466 e. The minimum Gasteiger partial charge on any atom is -0.381 e. The molecular formula is C40H82O. The Morgan fingerprint density at radius 2 is 0.390 bits per heavy atom. The quantitative estimate of drug-likeness (QED) is 0.0545. The van der Waals surface area contributed by atoms with Crippen LogP contribution in [0.15, 0.2) is 26.3 Å². The van der Waals surface area contributed by atoms with Crippen LogP contribution in [-0.2, 0) is 4.74 Å². The fourth-order valence-corrected chi connectivity index (χ4v) is 5.61. The molecule has 0 amide bonds. The van der Waals surface area contributed by atoms with E-state index >= 15 is 0 Å². The van der Waals surface area contributed by atoms with Crippen LogP contribution in [0.4, 0.5) is 0 Å². The molecule has 1 nitrogen and oxygen atoms in total. The van der Waals surface area contributed by atoms with Crippen molar-refractivity contribution < 1.29 is 4.74 Å². The van der Waals surface area contributed by atoms with Gasteiger partial charge in [0.1, 0.15) is 0 Å². The Kier molecular flexibility index (Phi) is 53.8. The molecule has 0 rings (SSSR count). The molecule has 0 bridgehead atoms. The Hall–Kier alpha value is -0.560. The first kappa shape index (κ1) is 44.9. The van der Waals surface area contributed by atoms with E-state index in [4.69, 9.17) is 4.74 Å². The fraction of sp³-hybridized carbons (Fsp3) is 0.900. The highest BCUT2D eigenvalue weighted by atomic mass is 16.5. The normalized spacial score (nSPS) is 10.6. The van der Waals surface area contributed by atoms with Gasteiger partial charge in [0.05, 0.1) is 0 Å². The average molecular weight is 579 g/mol. The molecule has 0 saturated heterocycles. The van der Waals surface area contributed by atoms with Crippen molar-refractivity contribution in [2.75, 3.05) is 13.2 Å². The minimum absolute atomic E-state index is 0.997. The summed E-state index contributed by atoms with van der Waals surface area (Å²) in [5.74, 6) is 0. The Morgan fingerprint density at radius 3 is 0.561 bits per heavy atom. The first-order valence-electron chi connectivity index (χ1n) is 19.0. The molecule has 248 valence electrons. The summed E-state index contributed by atoms with van der Waals surface area (Å²) in [6.07, 6.45) is 46.0. The summed E-state index contributed by atoms with van der Waals surface area (Å²) < 4.78 is 5.87. The Balaban J connectivity index is -0.00000344. The molecule has 0 spiro atoms. The molecule has 41 heavy (non-hydrogen) atoms. The first-order chi connectivity index (χ1) is 20.4. The van der Waals surface area contributed by atoms with E-state index in [0.29, 0.717) is 0 Å². The van der Waals surface area contributed by atoms with Gasteiger partial charge in [-0.2, -0.15) is 0 Å². The number of hydrogen-bond acceptors (Lipinski definition) is 1. The van der Waals surface area contributed by atoms with Crippen molar-refractivity contribution in [2.45, 2.75) is 219 Å². The van der Waals surface area contributed by atoms with Gasteiger partial charge in [-0.25, -0.2) is 0 Å². The van der Waals surface area contributed by atoms with Crippen LogP contribution in [0.25, 0.3) is 0 Å². The molecule has 0 aromatic carbocycles. The SMILES string of the molecule is C=C.C=C.CCCCCCCCCCCCCCCCCCOCCCCCCCCCCCCCCCCCC. The van der Waals surface area contributed by atoms with E-state index in [1.165, 1.54) is 205 Å². The molecule has 0 aromatic heterocycles. The molecule has 1 heteroatoms. The number of rotatable bonds is 34. The Bertz CT molecular complexity index is 356. The molecule has 0 aliphatic rings. The molecule has 0 saturated carbocycles. The summed E-state index contributed by atoms with van der Waals surface area (Å²) in [5, 5.41) is 0. The molecule has 0 fully saturated rings. The second kappa shape index (κ2) is 49.1. The van der Waals surface area contributed by atoms with Crippen molar-refractivity contribution in [1.29, 1.82) is 0 Å². The van der Waals surface area contributed by atoms with Gasteiger partial charge in [0.2, 0.25) is 0 Å². The highest BCUT2D eigenvalue weighted by Crippen LogP contribution is 2.15. The van der Waals surface area contributed by atoms with E-state index in [9.17, 15) is 0 Å². The zero-order chi connectivity index (χ0) is 30.7. The van der Waals surface area contributed by atoms with Gasteiger partial charge in [-0.15, -0.1) is 26.3 Å². The predicted molar refractivity (Wildman–Crippen MR) is 192 cm³/mol. The van der Waals surface area contributed by atoms with Crippen LogP contribution in [0, 0.1) is 0 Å². The van der Waals surface area contributed by atoms with Crippen LogP contribution in [0.2, 0.25) is 0 Å². The zero-order valence-electron chi connectivity index (χ0n) is 29.3. The molecule has 0 heterocycles. The maximum absolute atomic E-state index is 5.87. The fourth-order valence-electron chi connectivity index (χ4n) is 5.61. The topological polar surface area (TPSA) is 9.23 Å². The standard InChI is InChI=1S/C36H74O.2C2H4/c1-3-5-7-9-11-13-15-17-19-21-23-25-27-29-31-33-35-37-36-34-32-30-28-26-24-22-20-18-16-14-12-10-8-6-4-2;2*1-2/h3-36H2,1-2H3;2*1-2H2. The minimum atomic E-state index is 0.997. The molecule has 0 radical (unpaired) electrons. The van der Waals surface area contributed by atoms with E-state index < -0.39 is 0 Å². The van der Waals surface area contributed by atoms with Crippen molar-refractivity contribution in [3.63, 3.8) is 0 Å². The van der Waals surface area contributed by atoms with Gasteiger partial charge in [-0.05, 0) is 12.8 Å². The van der Waals surface area contributed by atoms with Crippen molar-refractivity contribution in [3.8, 4) is 0 Å². The third-order valence-electron chi connectivity index (χ3n) is 8.28. The van der Waals surface area contributed by atoms with Gasteiger partial charge in [0.15, 0.2) is 0 Å².